The van der Waals surface area contributed by atoms with Crippen LogP contribution in [0.5, 0.6) is 0 Å². The molecule has 9 heteroatoms. The number of carbonyl (C=O) groups excluding carboxylic acids is 2. The maximum atomic E-state index is 12.9. The monoisotopic (exact) mass is 511 g/mol. The van der Waals surface area contributed by atoms with Crippen molar-refractivity contribution in [2.24, 2.45) is 0 Å². The first-order valence-corrected chi connectivity index (χ1v) is 11.9. The second kappa shape index (κ2) is 10.8. The smallest absolute Gasteiger partial charge is 0.326 e. The molecule has 1 atom stereocenters. The van der Waals surface area contributed by atoms with Crippen molar-refractivity contribution >= 4 is 52.5 Å². The van der Waals surface area contributed by atoms with Gasteiger partial charge in [-0.15, -0.1) is 0 Å². The first kappa shape index (κ1) is 24.6. The van der Waals surface area contributed by atoms with E-state index in [1.807, 2.05) is 24.3 Å². The molecule has 0 spiro atoms. The number of nitrogens with one attached hydrogen (secondary N) is 2. The first-order valence-electron chi connectivity index (χ1n) is 11.1. The number of benzene rings is 3. The lowest BCUT2D eigenvalue weighted by molar-refractivity contribution is -0.143. The van der Waals surface area contributed by atoms with Gasteiger partial charge in [0.05, 0.1) is 15.7 Å². The molecule has 3 N–H and O–H groups in total. The van der Waals surface area contributed by atoms with E-state index in [1.54, 1.807) is 42.5 Å². The summed E-state index contributed by atoms with van der Waals surface area (Å²) in [7, 11) is 0. The molecule has 1 heterocycles. The Morgan fingerprint density at radius 2 is 1.43 bits per heavy atom. The van der Waals surface area contributed by atoms with E-state index in [9.17, 15) is 19.5 Å². The number of aliphatic carboxylic acids is 1. The number of amides is 3. The van der Waals surface area contributed by atoms with E-state index in [0.29, 0.717) is 39.9 Å². The second-order valence-electron chi connectivity index (χ2n) is 8.18. The maximum Gasteiger partial charge on any atom is 0.326 e. The van der Waals surface area contributed by atoms with Gasteiger partial charge in [0.15, 0.2) is 0 Å². The summed E-state index contributed by atoms with van der Waals surface area (Å²) >= 11 is 12.2. The van der Waals surface area contributed by atoms with Crippen molar-refractivity contribution < 1.29 is 19.5 Å². The molecule has 0 aromatic heterocycles. The number of para-hydroxylation sites is 1. The summed E-state index contributed by atoms with van der Waals surface area (Å²) in [6.07, 6.45) is 2.08. The van der Waals surface area contributed by atoms with Gasteiger partial charge >= 0.3 is 12.0 Å². The van der Waals surface area contributed by atoms with Crippen LogP contribution in [0.2, 0.25) is 10.0 Å². The molecule has 3 aromatic carbocycles. The summed E-state index contributed by atoms with van der Waals surface area (Å²) in [5.41, 5.74) is 3.14. The summed E-state index contributed by atoms with van der Waals surface area (Å²) in [4.78, 5) is 38.2. The van der Waals surface area contributed by atoms with E-state index in [0.717, 1.165) is 24.0 Å². The van der Waals surface area contributed by atoms with Gasteiger partial charge < -0.3 is 20.6 Å². The molecule has 1 aliphatic heterocycles. The van der Waals surface area contributed by atoms with Crippen LogP contribution >= 0.6 is 23.2 Å². The number of carbonyl (C=O) groups is 3. The molecule has 0 bridgehead atoms. The number of urea groups is 1. The minimum atomic E-state index is -0.966. The van der Waals surface area contributed by atoms with Crippen LogP contribution in [-0.4, -0.2) is 40.5 Å². The van der Waals surface area contributed by atoms with Crippen molar-refractivity contribution in [3.8, 4) is 11.1 Å². The lowest BCUT2D eigenvalue weighted by Crippen LogP contribution is -2.47. The Morgan fingerprint density at radius 1 is 0.829 bits per heavy atom. The zero-order valence-electron chi connectivity index (χ0n) is 18.6. The highest BCUT2D eigenvalue weighted by Gasteiger charge is 2.32. The van der Waals surface area contributed by atoms with Crippen molar-refractivity contribution in [3.05, 3.63) is 82.3 Å². The van der Waals surface area contributed by atoms with E-state index < -0.39 is 18.0 Å². The molecular formula is C26H23Cl2N3O4. The third-order valence-electron chi connectivity index (χ3n) is 5.86. The number of carboxylic acids is 1. The fourth-order valence-electron chi connectivity index (χ4n) is 4.04. The van der Waals surface area contributed by atoms with Gasteiger partial charge in [-0.3, -0.25) is 4.79 Å². The molecule has 3 amide bonds. The van der Waals surface area contributed by atoms with E-state index in [-0.39, 0.29) is 5.91 Å². The molecule has 4 rings (SSSR count). The molecule has 0 aliphatic carbocycles. The van der Waals surface area contributed by atoms with Crippen LogP contribution in [0.25, 0.3) is 11.1 Å². The number of hydrogen-bond acceptors (Lipinski definition) is 3. The van der Waals surface area contributed by atoms with E-state index in [1.165, 1.54) is 4.90 Å². The third kappa shape index (κ3) is 5.75. The number of hydrogen-bond donors (Lipinski definition) is 3. The normalized spacial score (nSPS) is 15.4. The summed E-state index contributed by atoms with van der Waals surface area (Å²) in [5.74, 6) is -1.24. The molecule has 1 aliphatic rings. The molecular weight excluding hydrogens is 489 g/mol. The zero-order chi connectivity index (χ0) is 24.9. The number of rotatable bonds is 5. The van der Waals surface area contributed by atoms with E-state index in [2.05, 4.69) is 10.6 Å². The van der Waals surface area contributed by atoms with Crippen molar-refractivity contribution in [3.63, 3.8) is 0 Å². The predicted octanol–water partition coefficient (Wildman–Crippen LogP) is 6.38. The standard InChI is InChI=1S/C26H23Cl2N3O4/c27-20-4-3-5-21(28)23(20)30-26(35)29-19-13-11-17(12-14-19)16-7-9-18(10-8-16)24(32)31-15-2-1-6-22(31)25(33)34/h3-5,7-14,22H,1-2,6,15H2,(H,33,34)(H2,29,30,35)/t22-/m0/s1. The maximum absolute atomic E-state index is 12.9. The molecule has 35 heavy (non-hydrogen) atoms. The van der Waals surface area contributed by atoms with Crippen LogP contribution in [-0.2, 0) is 4.79 Å². The largest absolute Gasteiger partial charge is 0.480 e. The SMILES string of the molecule is O=C(Nc1ccc(-c2ccc(C(=O)N3CCCC[C@H]3C(=O)O)cc2)cc1)Nc1c(Cl)cccc1Cl. The first-order chi connectivity index (χ1) is 16.8. The van der Waals surface area contributed by atoms with E-state index >= 15 is 0 Å². The minimum absolute atomic E-state index is 0.271. The predicted molar refractivity (Wildman–Crippen MR) is 137 cm³/mol. The Kier molecular flexibility index (Phi) is 7.58. The number of piperidine rings is 1. The molecule has 3 aromatic rings. The number of anilines is 2. The molecule has 1 fully saturated rings. The highest BCUT2D eigenvalue weighted by atomic mass is 35.5. The summed E-state index contributed by atoms with van der Waals surface area (Å²) < 4.78 is 0. The molecule has 0 saturated carbocycles. The van der Waals surface area contributed by atoms with Gasteiger partial charge in [0.1, 0.15) is 6.04 Å². The topological polar surface area (TPSA) is 98.7 Å². The number of carboxylic acid groups (broad SMARTS) is 1. The Balaban J connectivity index is 1.41. The van der Waals surface area contributed by atoms with Crippen molar-refractivity contribution in [1.29, 1.82) is 0 Å². The highest BCUT2D eigenvalue weighted by molar-refractivity contribution is 6.39. The summed E-state index contributed by atoms with van der Waals surface area (Å²) in [6.45, 7) is 0.447. The third-order valence-corrected chi connectivity index (χ3v) is 6.49. The van der Waals surface area contributed by atoms with Gasteiger partial charge in [-0.1, -0.05) is 53.5 Å². The van der Waals surface area contributed by atoms with Crippen LogP contribution in [0.3, 0.4) is 0 Å². The van der Waals surface area contributed by atoms with Crippen molar-refractivity contribution in [2.45, 2.75) is 25.3 Å². The number of likely N-dealkylation sites (tertiary alicyclic amines) is 1. The Morgan fingerprint density at radius 3 is 2.03 bits per heavy atom. The van der Waals surface area contributed by atoms with Crippen molar-refractivity contribution in [2.75, 3.05) is 17.2 Å². The Labute approximate surface area is 212 Å². The number of halogens is 2. The Hall–Kier alpha value is -3.55. The van der Waals surface area contributed by atoms with Crippen LogP contribution < -0.4 is 10.6 Å². The quantitative estimate of drug-likeness (QED) is 0.369. The lowest BCUT2D eigenvalue weighted by atomic mass is 9.99. The molecule has 1 saturated heterocycles. The lowest BCUT2D eigenvalue weighted by Gasteiger charge is -2.33. The van der Waals surface area contributed by atoms with Crippen LogP contribution in [0.15, 0.2) is 66.7 Å². The fourth-order valence-corrected chi connectivity index (χ4v) is 4.53. The highest BCUT2D eigenvalue weighted by Crippen LogP contribution is 2.30. The van der Waals surface area contributed by atoms with Gasteiger partial charge in [-0.05, 0) is 66.8 Å². The van der Waals surface area contributed by atoms with Gasteiger partial charge in [-0.2, -0.15) is 0 Å². The fraction of sp³-hybridized carbons (Fsp3) is 0.192. The molecule has 0 radical (unpaired) electrons. The average Bonchev–Trinajstić information content (AvgIpc) is 2.86. The zero-order valence-corrected chi connectivity index (χ0v) is 20.1. The summed E-state index contributed by atoms with van der Waals surface area (Å²) in [5, 5.41) is 15.5. The molecule has 7 nitrogen and oxygen atoms in total. The minimum Gasteiger partial charge on any atom is -0.480 e. The van der Waals surface area contributed by atoms with Crippen molar-refractivity contribution in [1.82, 2.24) is 4.90 Å². The van der Waals surface area contributed by atoms with Crippen LogP contribution in [0, 0.1) is 0 Å². The van der Waals surface area contributed by atoms with Gasteiger partial charge in [0, 0.05) is 17.8 Å². The Bertz CT molecular complexity index is 1230. The number of nitrogens with zero attached hydrogens (tertiary/aromatic N) is 1. The second-order valence-corrected chi connectivity index (χ2v) is 8.99. The summed E-state index contributed by atoms with van der Waals surface area (Å²) in [6, 6.07) is 18.0. The van der Waals surface area contributed by atoms with Gasteiger partial charge in [-0.25, -0.2) is 9.59 Å². The molecule has 180 valence electrons. The average molecular weight is 512 g/mol. The van der Waals surface area contributed by atoms with E-state index in [4.69, 9.17) is 23.2 Å². The van der Waals surface area contributed by atoms with Crippen LogP contribution in [0.4, 0.5) is 16.2 Å². The molecule has 0 unspecified atom stereocenters. The van der Waals surface area contributed by atoms with Gasteiger partial charge in [0.25, 0.3) is 5.91 Å². The van der Waals surface area contributed by atoms with Crippen LogP contribution in [0.1, 0.15) is 29.6 Å². The van der Waals surface area contributed by atoms with Gasteiger partial charge in [0.2, 0.25) is 0 Å².